The largest absolute Gasteiger partial charge is 0.491 e. The van der Waals surface area contributed by atoms with Gasteiger partial charge in [0.15, 0.2) is 0 Å². The Hall–Kier alpha value is -2.77. The van der Waals surface area contributed by atoms with Crippen molar-refractivity contribution in [1.82, 2.24) is 5.32 Å². The molecule has 2 aromatic rings. The molecule has 172 valence electrons. The first kappa shape index (κ1) is 23.9. The van der Waals surface area contributed by atoms with Crippen LogP contribution in [0.5, 0.6) is 5.75 Å². The fourth-order valence-electron chi connectivity index (χ4n) is 3.61. The number of hydrogen-bond donors (Lipinski definition) is 3. The molecule has 0 spiro atoms. The second-order valence-corrected chi connectivity index (χ2v) is 8.18. The Morgan fingerprint density at radius 2 is 1.84 bits per heavy atom. The topological polar surface area (TPSA) is 88.7 Å². The minimum atomic E-state index is -0.239. The van der Waals surface area contributed by atoms with Crippen LogP contribution in [-0.2, 0) is 9.53 Å². The molecule has 2 amide bonds. The normalized spacial score (nSPS) is 13.9. The van der Waals surface area contributed by atoms with Crippen LogP contribution in [0.1, 0.15) is 42.5 Å². The van der Waals surface area contributed by atoms with E-state index in [1.807, 2.05) is 24.3 Å². The highest BCUT2D eigenvalue weighted by molar-refractivity contribution is 6.34. The highest BCUT2D eigenvalue weighted by Gasteiger charge is 2.19. The molecule has 8 heteroatoms. The number of methoxy groups -OCH3 is 1. The third-order valence-corrected chi connectivity index (χ3v) is 5.61. The Balaban J connectivity index is 1.53. The van der Waals surface area contributed by atoms with Crippen molar-refractivity contribution in [2.75, 3.05) is 37.5 Å². The fourth-order valence-corrected chi connectivity index (χ4v) is 3.82. The number of ether oxygens (including phenoxy) is 2. The number of amides is 2. The SMILES string of the molecule is COCCOc1cccc(NCC(=O)Nc2ccc(Cl)c(C(=O)NC3CCCCC3)c2)c1. The van der Waals surface area contributed by atoms with Crippen molar-refractivity contribution >= 4 is 34.8 Å². The third-order valence-electron chi connectivity index (χ3n) is 5.28. The van der Waals surface area contributed by atoms with Crippen LogP contribution in [0.3, 0.4) is 0 Å². The molecule has 0 heterocycles. The number of rotatable bonds is 10. The van der Waals surface area contributed by atoms with Crippen molar-refractivity contribution in [2.24, 2.45) is 0 Å². The lowest BCUT2D eigenvalue weighted by molar-refractivity contribution is -0.114. The first-order valence-corrected chi connectivity index (χ1v) is 11.3. The zero-order valence-corrected chi connectivity index (χ0v) is 19.0. The van der Waals surface area contributed by atoms with E-state index in [-0.39, 0.29) is 24.4 Å². The van der Waals surface area contributed by atoms with E-state index in [9.17, 15) is 9.59 Å². The van der Waals surface area contributed by atoms with Crippen LogP contribution >= 0.6 is 11.6 Å². The van der Waals surface area contributed by atoms with Crippen LogP contribution < -0.4 is 20.7 Å². The third kappa shape index (κ3) is 7.43. The van der Waals surface area contributed by atoms with Gasteiger partial charge in [0.25, 0.3) is 5.91 Å². The molecule has 7 nitrogen and oxygen atoms in total. The number of hydrogen-bond acceptors (Lipinski definition) is 5. The number of anilines is 2. The molecule has 32 heavy (non-hydrogen) atoms. The molecule has 1 aliphatic carbocycles. The minimum Gasteiger partial charge on any atom is -0.491 e. The molecule has 3 N–H and O–H groups in total. The molecule has 0 radical (unpaired) electrons. The van der Waals surface area contributed by atoms with Crippen LogP contribution in [0.15, 0.2) is 42.5 Å². The lowest BCUT2D eigenvalue weighted by Crippen LogP contribution is -2.36. The van der Waals surface area contributed by atoms with Gasteiger partial charge in [0, 0.05) is 30.6 Å². The van der Waals surface area contributed by atoms with Gasteiger partial charge in [0.2, 0.25) is 5.91 Å². The Bertz CT molecular complexity index is 916. The van der Waals surface area contributed by atoms with E-state index in [0.29, 0.717) is 35.2 Å². The molecule has 0 aromatic heterocycles. The van der Waals surface area contributed by atoms with Crippen LogP contribution in [0.4, 0.5) is 11.4 Å². The summed E-state index contributed by atoms with van der Waals surface area (Å²) in [6, 6.07) is 12.5. The van der Waals surface area contributed by atoms with Crippen molar-refractivity contribution in [3.63, 3.8) is 0 Å². The molecule has 1 saturated carbocycles. The van der Waals surface area contributed by atoms with E-state index in [1.54, 1.807) is 25.3 Å². The van der Waals surface area contributed by atoms with E-state index >= 15 is 0 Å². The lowest BCUT2D eigenvalue weighted by Gasteiger charge is -2.23. The summed E-state index contributed by atoms with van der Waals surface area (Å²) in [5.41, 5.74) is 1.65. The number of halogens is 1. The maximum Gasteiger partial charge on any atom is 0.253 e. The molecule has 1 fully saturated rings. The monoisotopic (exact) mass is 459 g/mol. The van der Waals surface area contributed by atoms with Gasteiger partial charge in [-0.05, 0) is 43.2 Å². The van der Waals surface area contributed by atoms with Gasteiger partial charge in [-0.1, -0.05) is 36.9 Å². The minimum absolute atomic E-state index is 0.0632. The Morgan fingerprint density at radius 3 is 2.62 bits per heavy atom. The van der Waals surface area contributed by atoms with Crippen molar-refractivity contribution in [2.45, 2.75) is 38.1 Å². The van der Waals surface area contributed by atoms with Gasteiger partial charge in [0.1, 0.15) is 12.4 Å². The fraction of sp³-hybridized carbons (Fsp3) is 0.417. The lowest BCUT2D eigenvalue weighted by atomic mass is 9.95. The predicted molar refractivity (Wildman–Crippen MR) is 127 cm³/mol. The summed E-state index contributed by atoms with van der Waals surface area (Å²) in [6.07, 6.45) is 5.45. The summed E-state index contributed by atoms with van der Waals surface area (Å²) in [5.74, 6) is 0.247. The van der Waals surface area contributed by atoms with Crippen molar-refractivity contribution < 1.29 is 19.1 Å². The van der Waals surface area contributed by atoms with Gasteiger partial charge in [0.05, 0.1) is 23.7 Å². The van der Waals surface area contributed by atoms with Gasteiger partial charge in [-0.25, -0.2) is 0 Å². The standard InChI is InChI=1S/C24H30ClN3O4/c1-31-12-13-32-20-9-5-8-18(14-20)26-16-23(29)27-19-10-11-22(25)21(15-19)24(30)28-17-6-3-2-4-7-17/h5,8-11,14-15,17,26H,2-4,6-7,12-13,16H2,1H3,(H,27,29)(H,28,30). The first-order valence-electron chi connectivity index (χ1n) is 10.9. The summed E-state index contributed by atoms with van der Waals surface area (Å²) in [6.45, 7) is 1.02. The molecule has 3 rings (SSSR count). The van der Waals surface area contributed by atoms with Crippen LogP contribution in [0.25, 0.3) is 0 Å². The second-order valence-electron chi connectivity index (χ2n) is 7.77. The highest BCUT2D eigenvalue weighted by Crippen LogP contribution is 2.23. The van der Waals surface area contributed by atoms with E-state index in [1.165, 1.54) is 6.42 Å². The van der Waals surface area contributed by atoms with E-state index < -0.39 is 0 Å². The van der Waals surface area contributed by atoms with Gasteiger partial charge in [-0.3, -0.25) is 9.59 Å². The van der Waals surface area contributed by atoms with Gasteiger partial charge in [-0.2, -0.15) is 0 Å². The summed E-state index contributed by atoms with van der Waals surface area (Å²) in [7, 11) is 1.62. The quantitative estimate of drug-likeness (QED) is 0.456. The Morgan fingerprint density at radius 1 is 1.03 bits per heavy atom. The molecule has 0 unspecified atom stereocenters. The summed E-state index contributed by atoms with van der Waals surface area (Å²) < 4.78 is 10.5. The van der Waals surface area contributed by atoms with Crippen molar-refractivity contribution in [1.29, 1.82) is 0 Å². The zero-order valence-electron chi connectivity index (χ0n) is 18.3. The van der Waals surface area contributed by atoms with Crippen LogP contribution in [0.2, 0.25) is 5.02 Å². The molecular weight excluding hydrogens is 430 g/mol. The molecular formula is C24H30ClN3O4. The van der Waals surface area contributed by atoms with Crippen molar-refractivity contribution in [3.8, 4) is 5.75 Å². The number of nitrogens with one attached hydrogen (secondary N) is 3. The average molecular weight is 460 g/mol. The molecule has 2 aromatic carbocycles. The predicted octanol–water partition coefficient (Wildman–Crippen LogP) is 4.48. The second kappa shape index (κ2) is 12.3. The molecule has 0 atom stereocenters. The van der Waals surface area contributed by atoms with Gasteiger partial charge >= 0.3 is 0 Å². The summed E-state index contributed by atoms with van der Waals surface area (Å²) in [4.78, 5) is 25.1. The summed E-state index contributed by atoms with van der Waals surface area (Å²) >= 11 is 6.24. The maximum absolute atomic E-state index is 12.7. The van der Waals surface area contributed by atoms with Crippen molar-refractivity contribution in [3.05, 3.63) is 53.1 Å². The zero-order chi connectivity index (χ0) is 22.8. The highest BCUT2D eigenvalue weighted by atomic mass is 35.5. The number of carbonyl (C=O) groups is 2. The molecule has 0 bridgehead atoms. The number of carbonyl (C=O) groups excluding carboxylic acids is 2. The van der Waals surface area contributed by atoms with E-state index in [4.69, 9.17) is 21.1 Å². The summed E-state index contributed by atoms with van der Waals surface area (Å²) in [5, 5.41) is 9.30. The van der Waals surface area contributed by atoms with E-state index in [2.05, 4.69) is 16.0 Å². The van der Waals surface area contributed by atoms with E-state index in [0.717, 1.165) is 31.4 Å². The van der Waals surface area contributed by atoms with Gasteiger partial charge in [-0.15, -0.1) is 0 Å². The molecule has 0 saturated heterocycles. The number of benzene rings is 2. The van der Waals surface area contributed by atoms with Crippen LogP contribution in [0, 0.1) is 0 Å². The first-order chi connectivity index (χ1) is 15.5. The molecule has 1 aliphatic rings. The van der Waals surface area contributed by atoms with Crippen LogP contribution in [-0.4, -0.2) is 44.7 Å². The maximum atomic E-state index is 12.7. The molecule has 0 aliphatic heterocycles. The van der Waals surface area contributed by atoms with Gasteiger partial charge < -0.3 is 25.4 Å². The Kier molecular flexibility index (Phi) is 9.19. The smallest absolute Gasteiger partial charge is 0.253 e. The average Bonchev–Trinajstić information content (AvgIpc) is 2.80. The Labute approximate surface area is 193 Å².